The number of carbonyl (C=O) groups excluding carboxylic acids is 4. The molecule has 386 valence electrons. The fraction of sp³-hybridized carbons (Fsp3) is 0.509. The van der Waals surface area contributed by atoms with Gasteiger partial charge in [-0.15, -0.1) is 0 Å². The van der Waals surface area contributed by atoms with Gasteiger partial charge in [-0.05, 0) is 106 Å². The van der Waals surface area contributed by atoms with Crippen LogP contribution in [0.2, 0.25) is 10.0 Å². The van der Waals surface area contributed by atoms with Crippen molar-refractivity contribution in [1.29, 1.82) is 5.26 Å². The van der Waals surface area contributed by atoms with Crippen LogP contribution >= 0.6 is 23.2 Å². The molecule has 4 aliphatic rings. The molecule has 1 aliphatic carbocycles. The number of β-amino-alcohol motifs (C(OH)–C–C–N with tert-alkyl or cyclic N) is 1. The number of aromatic nitrogens is 1. The molecule has 4 fully saturated rings. The zero-order chi connectivity index (χ0) is 52.4. The van der Waals surface area contributed by atoms with Gasteiger partial charge in [0.05, 0.1) is 34.8 Å². The van der Waals surface area contributed by atoms with Gasteiger partial charge in [0, 0.05) is 83.2 Å². The van der Waals surface area contributed by atoms with Crippen LogP contribution in [0.15, 0.2) is 77.3 Å². The van der Waals surface area contributed by atoms with Gasteiger partial charge in [-0.2, -0.15) is 5.26 Å². The molecule has 4 heterocycles. The summed E-state index contributed by atoms with van der Waals surface area (Å²) < 4.78 is 11.9. The van der Waals surface area contributed by atoms with E-state index in [0.717, 1.165) is 44.3 Å². The zero-order valence-corrected chi connectivity index (χ0v) is 44.3. The van der Waals surface area contributed by atoms with E-state index in [9.17, 15) is 29.5 Å². The van der Waals surface area contributed by atoms with Gasteiger partial charge in [0.15, 0.2) is 0 Å². The number of nitrogens with zero attached hydrogens (tertiary/aromatic N) is 5. The van der Waals surface area contributed by atoms with Crippen LogP contribution in [-0.2, 0) is 14.4 Å². The predicted molar refractivity (Wildman–Crippen MR) is 279 cm³/mol. The maximum absolute atomic E-state index is 14.1. The molecule has 4 amide bonds. The number of benzene rings is 3. The highest BCUT2D eigenvalue weighted by Gasteiger charge is 2.64. The number of nitriles is 1. The van der Waals surface area contributed by atoms with Crippen molar-refractivity contribution in [3.8, 4) is 23.7 Å². The number of halogens is 2. The third-order valence-electron chi connectivity index (χ3n) is 15.6. The van der Waals surface area contributed by atoms with Crippen molar-refractivity contribution in [1.82, 2.24) is 30.5 Å². The molecular formula is C57H67Cl2N7O7. The van der Waals surface area contributed by atoms with Crippen molar-refractivity contribution in [2.45, 2.75) is 129 Å². The molecular weight excluding hydrogens is 966 g/mol. The van der Waals surface area contributed by atoms with Gasteiger partial charge in [0.1, 0.15) is 35.6 Å². The van der Waals surface area contributed by atoms with Crippen LogP contribution in [0.4, 0.5) is 0 Å². The molecule has 0 spiro atoms. The van der Waals surface area contributed by atoms with Gasteiger partial charge in [-0.1, -0.05) is 93.9 Å². The van der Waals surface area contributed by atoms with E-state index in [1.165, 1.54) is 4.90 Å². The number of likely N-dealkylation sites (tertiary alicyclic amines) is 3. The van der Waals surface area contributed by atoms with Gasteiger partial charge < -0.3 is 39.7 Å². The molecule has 3 aliphatic heterocycles. The molecule has 1 saturated carbocycles. The molecule has 0 radical (unpaired) electrons. The normalized spacial score (nSPS) is 22.8. The van der Waals surface area contributed by atoms with Crippen LogP contribution < -0.4 is 15.4 Å². The van der Waals surface area contributed by atoms with E-state index in [2.05, 4.69) is 66.3 Å². The van der Waals surface area contributed by atoms with E-state index >= 15 is 0 Å². The molecule has 1 aromatic heterocycles. The van der Waals surface area contributed by atoms with Crippen LogP contribution in [0, 0.1) is 52.8 Å². The Morgan fingerprint density at radius 3 is 2.19 bits per heavy atom. The summed E-state index contributed by atoms with van der Waals surface area (Å²) in [4.78, 5) is 61.6. The number of rotatable bonds is 13. The van der Waals surface area contributed by atoms with Crippen LogP contribution in [0.5, 0.6) is 5.75 Å². The Labute approximate surface area is 439 Å². The summed E-state index contributed by atoms with van der Waals surface area (Å²) in [6.45, 7) is 17.0. The lowest BCUT2D eigenvalue weighted by atomic mass is 9.49. The lowest BCUT2D eigenvalue weighted by Gasteiger charge is -2.63. The number of aliphatic hydroxyl groups excluding tert-OH is 1. The van der Waals surface area contributed by atoms with Gasteiger partial charge >= 0.3 is 0 Å². The Balaban J connectivity index is 0.803. The number of aryl methyl sites for hydroxylation is 1. The van der Waals surface area contributed by atoms with Gasteiger partial charge in [-0.25, -0.2) is 0 Å². The molecule has 0 unspecified atom stereocenters. The smallest absolute Gasteiger partial charge is 0.251 e. The lowest BCUT2D eigenvalue weighted by Crippen LogP contribution is -2.74. The largest absolute Gasteiger partial charge is 0.489 e. The van der Waals surface area contributed by atoms with Gasteiger partial charge in [0.2, 0.25) is 17.7 Å². The second kappa shape index (κ2) is 22.3. The highest BCUT2D eigenvalue weighted by atomic mass is 35.5. The van der Waals surface area contributed by atoms with E-state index in [1.807, 2.05) is 43.0 Å². The first-order valence-corrected chi connectivity index (χ1v) is 26.3. The summed E-state index contributed by atoms with van der Waals surface area (Å²) in [5, 5.41) is 31.2. The van der Waals surface area contributed by atoms with E-state index in [4.69, 9.17) is 32.5 Å². The number of hydrogen-bond acceptors (Lipinski definition) is 10. The van der Waals surface area contributed by atoms with Gasteiger partial charge in [0.25, 0.3) is 5.91 Å². The first-order valence-electron chi connectivity index (χ1n) is 25.5. The standard InChI is InChI=1S/C57H67Cl2N7O7/c1-34(2)50(48-28-35(3)63-73-48)53(71)66-33-43(67)29-47(66)52(70)61-46(38-14-17-41(58)18-15-38)31-49(68)65-26-22-42(23-27-65)64-24-20-37(21-25-64)9-8-36-10-12-39(13-11-36)51(69)62-54-56(4,5)55(57(54,6)7)72-44-19-16-40(32-60)45(59)30-44/h10-19,28,30,34,37,42-43,46-47,50,54-55,67H,20-27,29,31,33H2,1-7H3,(H,61,70)(H,62,69)/t43-,46+,47+,50-,54?,55?/m1/s1. The second-order valence-corrected chi connectivity index (χ2v) is 22.7. The molecule has 16 heteroatoms. The van der Waals surface area contributed by atoms with E-state index < -0.39 is 30.0 Å². The third kappa shape index (κ3) is 11.9. The Bertz CT molecular complexity index is 2740. The average molecular weight is 1030 g/mol. The number of amides is 4. The maximum atomic E-state index is 14.1. The molecule has 3 aromatic carbocycles. The summed E-state index contributed by atoms with van der Waals surface area (Å²) in [5.41, 5.74) is 2.42. The molecule has 4 atom stereocenters. The summed E-state index contributed by atoms with van der Waals surface area (Å²) in [6, 6.07) is 21.9. The fourth-order valence-corrected chi connectivity index (χ4v) is 12.2. The van der Waals surface area contributed by atoms with Crippen molar-refractivity contribution in [3.05, 3.63) is 117 Å². The molecule has 14 nitrogen and oxygen atoms in total. The Morgan fingerprint density at radius 2 is 1.59 bits per heavy atom. The Kier molecular flexibility index (Phi) is 16.3. The van der Waals surface area contributed by atoms with Gasteiger partial charge in [-0.3, -0.25) is 19.2 Å². The Morgan fingerprint density at radius 1 is 0.918 bits per heavy atom. The molecule has 3 N–H and O–H groups in total. The van der Waals surface area contributed by atoms with E-state index in [0.29, 0.717) is 63.1 Å². The fourth-order valence-electron chi connectivity index (χ4n) is 11.9. The monoisotopic (exact) mass is 1030 g/mol. The van der Waals surface area contributed by atoms with E-state index in [1.54, 1.807) is 55.5 Å². The number of nitrogens with one attached hydrogen (secondary N) is 2. The topological polar surface area (TPSA) is 181 Å². The predicted octanol–water partition coefficient (Wildman–Crippen LogP) is 8.48. The highest BCUT2D eigenvalue weighted by molar-refractivity contribution is 6.31. The number of aliphatic hydroxyl groups is 1. The Hall–Kier alpha value is -5.90. The third-order valence-corrected chi connectivity index (χ3v) is 16.1. The quantitative estimate of drug-likeness (QED) is 0.110. The van der Waals surface area contributed by atoms with Crippen LogP contribution in [0.3, 0.4) is 0 Å². The summed E-state index contributed by atoms with van der Waals surface area (Å²) >= 11 is 12.5. The molecule has 73 heavy (non-hydrogen) atoms. The van der Waals surface area contributed by atoms with Crippen LogP contribution in [0.1, 0.15) is 131 Å². The van der Waals surface area contributed by atoms with Crippen molar-refractivity contribution >= 4 is 46.8 Å². The number of hydrogen-bond donors (Lipinski definition) is 3. The summed E-state index contributed by atoms with van der Waals surface area (Å²) in [6.07, 6.45) is 2.60. The van der Waals surface area contributed by atoms with Crippen molar-refractivity contribution in [3.63, 3.8) is 0 Å². The molecule has 3 saturated heterocycles. The molecule has 0 bridgehead atoms. The van der Waals surface area contributed by atoms with Crippen molar-refractivity contribution in [2.75, 3.05) is 32.7 Å². The minimum Gasteiger partial charge on any atom is -0.489 e. The second-order valence-electron chi connectivity index (χ2n) is 21.9. The zero-order valence-electron chi connectivity index (χ0n) is 42.8. The minimum absolute atomic E-state index is 0.00875. The molecule has 4 aromatic rings. The number of ether oxygens (including phenoxy) is 1. The minimum atomic E-state index is -0.935. The number of piperidine rings is 2. The number of carbonyl (C=O) groups is 4. The highest BCUT2D eigenvalue weighted by Crippen LogP contribution is 2.55. The summed E-state index contributed by atoms with van der Waals surface area (Å²) in [5.74, 6) is 6.28. The lowest BCUT2D eigenvalue weighted by molar-refractivity contribution is -0.164. The summed E-state index contributed by atoms with van der Waals surface area (Å²) in [7, 11) is 0. The average Bonchev–Trinajstić information content (AvgIpc) is 3.99. The molecule has 8 rings (SSSR count). The van der Waals surface area contributed by atoms with Crippen molar-refractivity contribution < 1.29 is 33.5 Å². The first kappa shape index (κ1) is 53.4. The van der Waals surface area contributed by atoms with Crippen molar-refractivity contribution in [2.24, 2.45) is 22.7 Å². The van der Waals surface area contributed by atoms with Crippen LogP contribution in [0.25, 0.3) is 0 Å². The maximum Gasteiger partial charge on any atom is 0.251 e. The van der Waals surface area contributed by atoms with Crippen LogP contribution in [-0.4, -0.2) is 112 Å². The first-order chi connectivity index (χ1) is 34.7. The SMILES string of the molecule is Cc1cc([C@H](C(=O)N2C[C@H](O)C[C@H]2C(=O)N[C@@H](CC(=O)N2CCC(N3CCC(C#Cc4ccc(C(=O)NC5C(C)(C)C(Oc6ccc(C#N)c(Cl)c6)C5(C)C)cc4)CC3)CC2)c2ccc(Cl)cc2)C(C)C)on1. The van der Waals surface area contributed by atoms with E-state index in [-0.39, 0.29) is 71.9 Å².